The maximum atomic E-state index is 12.1. The molecular formula is C18H24N4O2. The van der Waals surface area contributed by atoms with Gasteiger partial charge in [0.2, 0.25) is 0 Å². The molecule has 2 atom stereocenters. The van der Waals surface area contributed by atoms with E-state index >= 15 is 0 Å². The first-order valence-electron chi connectivity index (χ1n) is 8.33. The molecule has 6 heteroatoms. The predicted octanol–water partition coefficient (Wildman–Crippen LogP) is 2.55. The number of methoxy groups -OCH3 is 1. The Kier molecular flexibility index (Phi) is 5.15. The van der Waals surface area contributed by atoms with Gasteiger partial charge in [-0.2, -0.15) is 5.10 Å². The second kappa shape index (κ2) is 7.49. The molecule has 1 fully saturated rings. The van der Waals surface area contributed by atoms with E-state index in [0.29, 0.717) is 6.54 Å². The van der Waals surface area contributed by atoms with Gasteiger partial charge in [-0.05, 0) is 38.3 Å². The molecule has 0 unspecified atom stereocenters. The zero-order valence-electron chi connectivity index (χ0n) is 14.2. The highest BCUT2D eigenvalue weighted by atomic mass is 16.5. The number of para-hydroxylation sites is 1. The molecule has 0 radical (unpaired) electrons. The van der Waals surface area contributed by atoms with Crippen LogP contribution in [0, 0.1) is 6.92 Å². The number of rotatable bonds is 5. The van der Waals surface area contributed by atoms with E-state index in [4.69, 9.17) is 4.74 Å². The van der Waals surface area contributed by atoms with Gasteiger partial charge in [0.15, 0.2) is 0 Å². The van der Waals surface area contributed by atoms with Crippen molar-refractivity contribution in [2.24, 2.45) is 0 Å². The number of urea groups is 1. The summed E-state index contributed by atoms with van der Waals surface area (Å²) in [7, 11) is 1.72. The number of nitrogens with one attached hydrogen (secondary N) is 2. The van der Waals surface area contributed by atoms with Crippen molar-refractivity contribution in [2.45, 2.75) is 44.9 Å². The molecule has 2 aromatic rings. The largest absolute Gasteiger partial charge is 0.381 e. The third-order valence-corrected chi connectivity index (χ3v) is 4.51. The van der Waals surface area contributed by atoms with E-state index in [0.717, 1.165) is 36.2 Å². The highest BCUT2D eigenvalue weighted by Crippen LogP contribution is 2.21. The molecule has 1 aromatic carbocycles. The summed E-state index contributed by atoms with van der Waals surface area (Å²) in [5.74, 6) is 0. The minimum absolute atomic E-state index is 0.136. The lowest BCUT2D eigenvalue weighted by atomic mass is 10.2. The van der Waals surface area contributed by atoms with Crippen LogP contribution in [0.2, 0.25) is 0 Å². The first-order valence-corrected chi connectivity index (χ1v) is 8.33. The summed E-state index contributed by atoms with van der Waals surface area (Å²) in [5, 5.41) is 10.4. The van der Waals surface area contributed by atoms with Crippen LogP contribution in [0.3, 0.4) is 0 Å². The molecule has 0 bridgehead atoms. The molecule has 0 aliphatic heterocycles. The summed E-state index contributed by atoms with van der Waals surface area (Å²) in [6.45, 7) is 2.42. The lowest BCUT2D eigenvalue weighted by molar-refractivity contribution is 0.107. The van der Waals surface area contributed by atoms with Gasteiger partial charge in [0.1, 0.15) is 0 Å². The first-order chi connectivity index (χ1) is 11.7. The third-order valence-electron chi connectivity index (χ3n) is 4.51. The van der Waals surface area contributed by atoms with Crippen molar-refractivity contribution in [3.63, 3.8) is 0 Å². The Bertz CT molecular complexity index is 684. The standard InChI is InChI=1S/C18H24N4O2/c1-13-14(12-22(21-13)16-6-4-3-5-7-16)11-19-18(23)20-15-8-9-17(10-15)24-2/h3-7,12,15,17H,8-11H2,1-2H3,(H2,19,20,23)/t15-,17+/m0/s1. The van der Waals surface area contributed by atoms with E-state index in [9.17, 15) is 4.79 Å². The fraction of sp³-hybridized carbons (Fsp3) is 0.444. The number of benzene rings is 1. The Morgan fingerprint density at radius 1 is 1.33 bits per heavy atom. The maximum absolute atomic E-state index is 12.1. The molecule has 6 nitrogen and oxygen atoms in total. The number of aryl methyl sites for hydroxylation is 1. The van der Waals surface area contributed by atoms with Crippen LogP contribution in [-0.2, 0) is 11.3 Å². The average Bonchev–Trinajstić information content (AvgIpc) is 3.20. The molecule has 2 amide bonds. The molecule has 2 N–H and O–H groups in total. The lowest BCUT2D eigenvalue weighted by Gasteiger charge is -2.13. The zero-order valence-corrected chi connectivity index (χ0v) is 14.2. The first kappa shape index (κ1) is 16.5. The van der Waals surface area contributed by atoms with Gasteiger partial charge in [0.05, 0.1) is 17.5 Å². The van der Waals surface area contributed by atoms with Crippen LogP contribution in [0.1, 0.15) is 30.5 Å². The molecule has 1 aliphatic carbocycles. The number of nitrogens with zero attached hydrogens (tertiary/aromatic N) is 2. The van der Waals surface area contributed by atoms with Crippen molar-refractivity contribution in [1.29, 1.82) is 0 Å². The molecule has 0 saturated heterocycles. The van der Waals surface area contributed by atoms with E-state index in [1.807, 2.05) is 48.1 Å². The fourth-order valence-electron chi connectivity index (χ4n) is 3.08. The monoisotopic (exact) mass is 328 g/mol. The second-order valence-electron chi connectivity index (χ2n) is 6.21. The van der Waals surface area contributed by atoms with E-state index < -0.39 is 0 Å². The normalized spacial score (nSPS) is 20.1. The summed E-state index contributed by atoms with van der Waals surface area (Å²) >= 11 is 0. The summed E-state index contributed by atoms with van der Waals surface area (Å²) < 4.78 is 7.17. The Morgan fingerprint density at radius 3 is 2.83 bits per heavy atom. The van der Waals surface area contributed by atoms with Crippen LogP contribution in [0.4, 0.5) is 4.79 Å². The van der Waals surface area contributed by atoms with Gasteiger partial charge >= 0.3 is 6.03 Å². The Morgan fingerprint density at radius 2 is 2.12 bits per heavy atom. The fourth-order valence-corrected chi connectivity index (χ4v) is 3.08. The molecule has 1 aliphatic rings. The van der Waals surface area contributed by atoms with Gasteiger partial charge in [0.25, 0.3) is 0 Å². The molecular weight excluding hydrogens is 304 g/mol. The van der Waals surface area contributed by atoms with Gasteiger partial charge in [-0.3, -0.25) is 0 Å². The van der Waals surface area contributed by atoms with Crippen molar-refractivity contribution < 1.29 is 9.53 Å². The van der Waals surface area contributed by atoms with Crippen molar-refractivity contribution in [1.82, 2.24) is 20.4 Å². The smallest absolute Gasteiger partial charge is 0.315 e. The summed E-state index contributed by atoms with van der Waals surface area (Å²) in [5.41, 5.74) is 2.93. The molecule has 128 valence electrons. The van der Waals surface area contributed by atoms with Gasteiger partial charge in [-0.1, -0.05) is 18.2 Å². The van der Waals surface area contributed by atoms with Crippen LogP contribution in [0.25, 0.3) is 5.69 Å². The van der Waals surface area contributed by atoms with Crippen LogP contribution >= 0.6 is 0 Å². The maximum Gasteiger partial charge on any atom is 0.315 e. The quantitative estimate of drug-likeness (QED) is 0.886. The Labute approximate surface area is 142 Å². The van der Waals surface area contributed by atoms with Gasteiger partial charge in [0, 0.05) is 31.5 Å². The number of ether oxygens (including phenoxy) is 1. The summed E-state index contributed by atoms with van der Waals surface area (Å²) in [6.07, 6.45) is 5.08. The lowest BCUT2D eigenvalue weighted by Crippen LogP contribution is -2.40. The number of carbonyl (C=O) groups is 1. The number of amides is 2. The predicted molar refractivity (Wildman–Crippen MR) is 92.1 cm³/mol. The van der Waals surface area contributed by atoms with Crippen molar-refractivity contribution >= 4 is 6.03 Å². The number of hydrogen-bond acceptors (Lipinski definition) is 3. The number of hydrogen-bond donors (Lipinski definition) is 2. The zero-order chi connectivity index (χ0) is 16.9. The number of carbonyl (C=O) groups excluding carboxylic acids is 1. The Balaban J connectivity index is 1.53. The minimum Gasteiger partial charge on any atom is -0.381 e. The van der Waals surface area contributed by atoms with E-state index in [1.54, 1.807) is 7.11 Å². The van der Waals surface area contributed by atoms with Gasteiger partial charge < -0.3 is 15.4 Å². The van der Waals surface area contributed by atoms with Crippen molar-refractivity contribution in [3.05, 3.63) is 47.8 Å². The summed E-state index contributed by atoms with van der Waals surface area (Å²) in [6, 6.07) is 10.0. The van der Waals surface area contributed by atoms with Gasteiger partial charge in [-0.25, -0.2) is 9.48 Å². The molecule has 3 rings (SSSR count). The van der Waals surface area contributed by atoms with Gasteiger partial charge in [-0.15, -0.1) is 0 Å². The molecule has 1 saturated carbocycles. The Hall–Kier alpha value is -2.34. The average molecular weight is 328 g/mol. The minimum atomic E-state index is -0.136. The molecule has 1 aromatic heterocycles. The second-order valence-corrected chi connectivity index (χ2v) is 6.21. The molecule has 1 heterocycles. The third kappa shape index (κ3) is 3.94. The highest BCUT2D eigenvalue weighted by Gasteiger charge is 2.25. The highest BCUT2D eigenvalue weighted by molar-refractivity contribution is 5.74. The van der Waals surface area contributed by atoms with E-state index in [1.165, 1.54) is 0 Å². The summed E-state index contributed by atoms with van der Waals surface area (Å²) in [4.78, 5) is 12.1. The van der Waals surface area contributed by atoms with Crippen LogP contribution in [0.5, 0.6) is 0 Å². The SMILES string of the molecule is CO[C@@H]1CC[C@H](NC(=O)NCc2cn(-c3ccccc3)nc2C)C1. The van der Waals surface area contributed by atoms with Crippen LogP contribution in [-0.4, -0.2) is 35.1 Å². The van der Waals surface area contributed by atoms with Crippen LogP contribution in [0.15, 0.2) is 36.5 Å². The van der Waals surface area contributed by atoms with E-state index in [-0.39, 0.29) is 18.2 Å². The van der Waals surface area contributed by atoms with Crippen LogP contribution < -0.4 is 10.6 Å². The van der Waals surface area contributed by atoms with Crippen molar-refractivity contribution in [3.8, 4) is 5.69 Å². The molecule has 24 heavy (non-hydrogen) atoms. The van der Waals surface area contributed by atoms with E-state index in [2.05, 4.69) is 15.7 Å². The number of aromatic nitrogens is 2. The molecule has 0 spiro atoms. The van der Waals surface area contributed by atoms with Crippen molar-refractivity contribution in [2.75, 3.05) is 7.11 Å². The topological polar surface area (TPSA) is 68.2 Å².